The molecule has 23 heavy (non-hydrogen) atoms. The maximum Gasteiger partial charge on any atom is 0.331 e. The van der Waals surface area contributed by atoms with Crippen LogP contribution in [0.4, 0.5) is 0 Å². The summed E-state index contributed by atoms with van der Waals surface area (Å²) >= 11 is 0. The highest BCUT2D eigenvalue weighted by atomic mass is 16.5. The fraction of sp³-hybridized carbons (Fsp3) is 0.222. The van der Waals surface area contributed by atoms with Crippen molar-refractivity contribution in [2.45, 2.75) is 19.3 Å². The summed E-state index contributed by atoms with van der Waals surface area (Å²) in [6.45, 7) is 0.584. The fourth-order valence-corrected chi connectivity index (χ4v) is 1.96. The minimum Gasteiger partial charge on any atom is -0.459 e. The summed E-state index contributed by atoms with van der Waals surface area (Å²) in [5.41, 5.74) is 1.88. The van der Waals surface area contributed by atoms with Crippen molar-refractivity contribution in [3.63, 3.8) is 0 Å². The molecule has 0 aliphatic rings. The summed E-state index contributed by atoms with van der Waals surface area (Å²) < 4.78 is 10.7. The third kappa shape index (κ3) is 5.92. The summed E-state index contributed by atoms with van der Waals surface area (Å²) in [6.07, 6.45) is 0.473. The molecular weight excluding hydrogens is 294 g/mol. The minimum absolute atomic E-state index is 0.0568. The molecule has 0 bridgehead atoms. The second-order valence-electron chi connectivity index (χ2n) is 4.93. The molecular formula is C18H19NO4. The summed E-state index contributed by atoms with van der Waals surface area (Å²) in [5.74, 6) is -0.519. The molecule has 5 heteroatoms. The van der Waals surface area contributed by atoms with E-state index in [-0.39, 0.29) is 13.2 Å². The molecule has 0 unspecified atom stereocenters. The van der Waals surface area contributed by atoms with E-state index in [1.54, 1.807) is 0 Å². The fourth-order valence-electron chi connectivity index (χ4n) is 1.96. The number of rotatable bonds is 9. The van der Waals surface area contributed by atoms with Gasteiger partial charge in [-0.1, -0.05) is 60.7 Å². The van der Waals surface area contributed by atoms with E-state index in [2.05, 4.69) is 5.32 Å². The van der Waals surface area contributed by atoms with E-state index >= 15 is 0 Å². The van der Waals surface area contributed by atoms with Crippen molar-refractivity contribution < 1.29 is 19.1 Å². The van der Waals surface area contributed by atoms with Gasteiger partial charge in [0, 0.05) is 0 Å². The molecule has 0 saturated heterocycles. The number of ether oxygens (including phenoxy) is 2. The molecule has 0 aliphatic carbocycles. The van der Waals surface area contributed by atoms with Gasteiger partial charge in [-0.3, -0.25) is 4.79 Å². The van der Waals surface area contributed by atoms with Gasteiger partial charge in [0.2, 0.25) is 6.41 Å². The normalized spacial score (nSPS) is 11.5. The van der Waals surface area contributed by atoms with Gasteiger partial charge in [0.25, 0.3) is 0 Å². The molecule has 120 valence electrons. The lowest BCUT2D eigenvalue weighted by molar-refractivity contribution is -0.150. The van der Waals surface area contributed by atoms with Gasteiger partial charge in [0.1, 0.15) is 6.61 Å². The van der Waals surface area contributed by atoms with E-state index in [0.29, 0.717) is 13.0 Å². The number of amides is 1. The zero-order chi connectivity index (χ0) is 16.3. The molecule has 1 N–H and O–H groups in total. The Kier molecular flexibility index (Phi) is 6.81. The Balaban J connectivity index is 1.79. The molecule has 0 fully saturated rings. The number of benzene rings is 2. The number of carbonyl (C=O) groups excluding carboxylic acids is 2. The van der Waals surface area contributed by atoms with Gasteiger partial charge in [-0.15, -0.1) is 0 Å². The van der Waals surface area contributed by atoms with E-state index < -0.39 is 12.0 Å². The minimum atomic E-state index is -0.820. The van der Waals surface area contributed by atoms with Gasteiger partial charge in [-0.25, -0.2) is 4.79 Å². The Bertz CT molecular complexity index is 601. The smallest absolute Gasteiger partial charge is 0.331 e. The van der Waals surface area contributed by atoms with Crippen LogP contribution in [0.3, 0.4) is 0 Å². The van der Waals surface area contributed by atoms with Crippen molar-refractivity contribution in [2.75, 3.05) is 6.61 Å². The Morgan fingerprint density at radius 1 is 0.957 bits per heavy atom. The number of esters is 1. The van der Waals surface area contributed by atoms with Gasteiger partial charge in [-0.2, -0.15) is 0 Å². The van der Waals surface area contributed by atoms with Crippen LogP contribution in [0.5, 0.6) is 0 Å². The van der Waals surface area contributed by atoms with E-state index in [1.807, 2.05) is 60.7 Å². The average molecular weight is 313 g/mol. The monoisotopic (exact) mass is 313 g/mol. The Morgan fingerprint density at radius 3 is 2.09 bits per heavy atom. The lowest BCUT2D eigenvalue weighted by atomic mass is 10.2. The Hall–Kier alpha value is -2.66. The highest BCUT2D eigenvalue weighted by Crippen LogP contribution is 2.04. The maximum atomic E-state index is 12.0. The van der Waals surface area contributed by atoms with Crippen LogP contribution in [0.25, 0.3) is 0 Å². The van der Waals surface area contributed by atoms with Crippen LogP contribution in [0, 0.1) is 0 Å². The van der Waals surface area contributed by atoms with Crippen LogP contribution in [0.1, 0.15) is 11.1 Å². The molecule has 0 radical (unpaired) electrons. The van der Waals surface area contributed by atoms with Crippen LogP contribution >= 0.6 is 0 Å². The Labute approximate surface area is 135 Å². The van der Waals surface area contributed by atoms with E-state index in [9.17, 15) is 9.59 Å². The molecule has 1 amide bonds. The van der Waals surface area contributed by atoms with Crippen LogP contribution < -0.4 is 5.32 Å². The van der Waals surface area contributed by atoms with Crippen molar-refractivity contribution in [2.24, 2.45) is 0 Å². The first kappa shape index (κ1) is 16.7. The second kappa shape index (κ2) is 9.38. The van der Waals surface area contributed by atoms with Gasteiger partial charge in [-0.05, 0) is 11.1 Å². The standard InChI is InChI=1S/C18H19NO4/c20-14-19-17(13-22-11-15-7-3-1-4-8-15)18(21)23-12-16-9-5-2-6-10-16/h1-10,14,17H,11-13H2,(H,19,20)/t17-/m0/s1. The van der Waals surface area contributed by atoms with Gasteiger partial charge < -0.3 is 14.8 Å². The van der Waals surface area contributed by atoms with E-state index in [4.69, 9.17) is 9.47 Å². The summed E-state index contributed by atoms with van der Waals surface area (Å²) in [4.78, 5) is 22.7. The molecule has 2 rings (SSSR count). The highest BCUT2D eigenvalue weighted by molar-refractivity contribution is 5.78. The molecule has 0 spiro atoms. The van der Waals surface area contributed by atoms with Gasteiger partial charge in [0.05, 0.1) is 13.2 Å². The largest absolute Gasteiger partial charge is 0.459 e. The predicted octanol–water partition coefficient (Wildman–Crippen LogP) is 2.06. The Morgan fingerprint density at radius 2 is 1.52 bits per heavy atom. The zero-order valence-corrected chi connectivity index (χ0v) is 12.7. The first-order chi connectivity index (χ1) is 11.3. The van der Waals surface area contributed by atoms with Crippen molar-refractivity contribution in [3.8, 4) is 0 Å². The quantitative estimate of drug-likeness (QED) is 0.568. The molecule has 5 nitrogen and oxygen atoms in total. The number of carbonyl (C=O) groups is 2. The van der Waals surface area contributed by atoms with Crippen LogP contribution in [0.2, 0.25) is 0 Å². The number of hydrogen-bond donors (Lipinski definition) is 1. The second-order valence-corrected chi connectivity index (χ2v) is 4.93. The molecule has 0 saturated carbocycles. The van der Waals surface area contributed by atoms with Crippen molar-refractivity contribution >= 4 is 12.4 Å². The van der Waals surface area contributed by atoms with Gasteiger partial charge in [0.15, 0.2) is 6.04 Å². The summed E-state index contributed by atoms with van der Waals surface area (Å²) in [7, 11) is 0. The third-order valence-corrected chi connectivity index (χ3v) is 3.17. The van der Waals surface area contributed by atoms with Crippen molar-refractivity contribution in [3.05, 3.63) is 71.8 Å². The first-order valence-corrected chi connectivity index (χ1v) is 7.31. The molecule has 0 aliphatic heterocycles. The van der Waals surface area contributed by atoms with Crippen molar-refractivity contribution in [1.29, 1.82) is 0 Å². The molecule has 2 aromatic carbocycles. The number of hydrogen-bond acceptors (Lipinski definition) is 4. The SMILES string of the molecule is O=CN[C@@H](COCc1ccccc1)C(=O)OCc1ccccc1. The lowest BCUT2D eigenvalue weighted by Crippen LogP contribution is -2.41. The average Bonchev–Trinajstić information content (AvgIpc) is 2.61. The molecule has 1 atom stereocenters. The van der Waals surface area contributed by atoms with Crippen LogP contribution in [0.15, 0.2) is 60.7 Å². The first-order valence-electron chi connectivity index (χ1n) is 7.31. The predicted molar refractivity (Wildman–Crippen MR) is 85.3 cm³/mol. The molecule has 2 aromatic rings. The van der Waals surface area contributed by atoms with Crippen molar-refractivity contribution in [1.82, 2.24) is 5.32 Å². The highest BCUT2D eigenvalue weighted by Gasteiger charge is 2.19. The van der Waals surface area contributed by atoms with Crippen LogP contribution in [-0.2, 0) is 32.3 Å². The molecule has 0 heterocycles. The summed E-state index contributed by atoms with van der Waals surface area (Å²) in [6, 6.07) is 18.1. The number of nitrogens with one attached hydrogen (secondary N) is 1. The van der Waals surface area contributed by atoms with E-state index in [0.717, 1.165) is 11.1 Å². The maximum absolute atomic E-state index is 12.0. The van der Waals surface area contributed by atoms with Crippen LogP contribution in [-0.4, -0.2) is 25.0 Å². The zero-order valence-electron chi connectivity index (χ0n) is 12.7. The molecule has 0 aromatic heterocycles. The lowest BCUT2D eigenvalue weighted by Gasteiger charge is -2.15. The van der Waals surface area contributed by atoms with E-state index in [1.165, 1.54) is 0 Å². The topological polar surface area (TPSA) is 64.6 Å². The summed E-state index contributed by atoms with van der Waals surface area (Å²) in [5, 5.41) is 2.42. The van der Waals surface area contributed by atoms with Gasteiger partial charge >= 0.3 is 5.97 Å². The third-order valence-electron chi connectivity index (χ3n) is 3.17.